The fraction of sp³-hybridized carbons (Fsp3) is 0.214. The van der Waals surface area contributed by atoms with Crippen molar-refractivity contribution in [2.75, 3.05) is 25.7 Å². The fourth-order valence-corrected chi connectivity index (χ4v) is 4.20. The highest BCUT2D eigenvalue weighted by Gasteiger charge is 2.26. The first-order valence-electron chi connectivity index (χ1n) is 11.7. The van der Waals surface area contributed by atoms with Gasteiger partial charge in [0.25, 0.3) is 5.91 Å². The topological polar surface area (TPSA) is 129 Å². The first kappa shape index (κ1) is 25.4. The smallest absolute Gasteiger partial charge is 0.267 e. The number of benzene rings is 2. The molecule has 37 heavy (non-hydrogen) atoms. The summed E-state index contributed by atoms with van der Waals surface area (Å²) in [7, 11) is 3.12. The summed E-state index contributed by atoms with van der Waals surface area (Å²) in [6.45, 7) is 4.00. The van der Waals surface area contributed by atoms with Crippen LogP contribution in [0.1, 0.15) is 47.7 Å². The molecule has 0 fully saturated rings. The van der Waals surface area contributed by atoms with Crippen LogP contribution in [0.2, 0.25) is 0 Å². The summed E-state index contributed by atoms with van der Waals surface area (Å²) in [6, 6.07) is 11.4. The first-order valence-corrected chi connectivity index (χ1v) is 11.7. The van der Waals surface area contributed by atoms with Gasteiger partial charge in [0.1, 0.15) is 5.82 Å². The lowest BCUT2D eigenvalue weighted by Crippen LogP contribution is -2.31. The third-order valence-corrected chi connectivity index (χ3v) is 5.90. The van der Waals surface area contributed by atoms with E-state index in [-0.39, 0.29) is 17.9 Å². The number of fused-ring (bicyclic) bond motifs is 1. The van der Waals surface area contributed by atoms with Gasteiger partial charge in [-0.25, -0.2) is 9.99 Å². The lowest BCUT2D eigenvalue weighted by atomic mass is 9.97. The van der Waals surface area contributed by atoms with E-state index in [4.69, 9.17) is 20.9 Å². The maximum atomic E-state index is 13.4. The van der Waals surface area contributed by atoms with Crippen molar-refractivity contribution in [3.05, 3.63) is 88.1 Å². The average molecular weight is 499 g/mol. The van der Waals surface area contributed by atoms with E-state index in [1.54, 1.807) is 32.7 Å². The molecule has 1 aliphatic rings. The molecule has 0 saturated carbocycles. The van der Waals surface area contributed by atoms with Crippen molar-refractivity contribution in [1.29, 1.82) is 0 Å². The minimum absolute atomic E-state index is 0.116. The number of hydrogen-bond donors (Lipinski definition) is 2. The number of hydrogen-bond acceptors (Lipinski definition) is 8. The minimum atomic E-state index is -0.306. The molecule has 1 amide bonds. The largest absolute Gasteiger partial charge is 0.493 e. The Morgan fingerprint density at radius 3 is 2.62 bits per heavy atom. The van der Waals surface area contributed by atoms with Crippen LogP contribution >= 0.6 is 0 Å². The van der Waals surface area contributed by atoms with Crippen LogP contribution in [0.4, 0.5) is 11.8 Å². The molecule has 190 valence electrons. The summed E-state index contributed by atoms with van der Waals surface area (Å²) in [4.78, 5) is 21.4. The number of carbonyl (C=O) groups excluding carboxylic acids is 1. The molecule has 1 atom stereocenters. The molecule has 2 aromatic carbocycles. The van der Waals surface area contributed by atoms with Crippen LogP contribution in [-0.2, 0) is 11.2 Å². The molecule has 0 bridgehead atoms. The van der Waals surface area contributed by atoms with Gasteiger partial charge in [-0.05, 0) is 43.2 Å². The number of anilines is 2. The maximum Gasteiger partial charge on any atom is 0.267 e. The van der Waals surface area contributed by atoms with E-state index in [0.717, 1.165) is 27.8 Å². The number of allylic oxidation sites excluding steroid dienone is 1. The molecular formula is C28H30N6O3. The Kier molecular flexibility index (Phi) is 7.52. The lowest BCUT2D eigenvalue weighted by Gasteiger charge is -2.29. The van der Waals surface area contributed by atoms with Crippen LogP contribution in [0.3, 0.4) is 0 Å². The van der Waals surface area contributed by atoms with Crippen LogP contribution < -0.4 is 20.9 Å². The second kappa shape index (κ2) is 10.9. The van der Waals surface area contributed by atoms with E-state index in [1.807, 2.05) is 56.3 Å². The standard InChI is InChI=1S/C28H30N6O3/c1-17(2)11-23-22-8-6-5-7-20(22)16-32-34(23)25(35)10-9-19-12-18(14-24(36-3)26(19)37-4)13-21-15-31-28(30)33-27(21)29/h5-12,14-16,23H,13H2,1-4H3,(H4,29,30,31,33)/b10-9+/t23-/m1/s1. The fourth-order valence-electron chi connectivity index (χ4n) is 4.20. The Morgan fingerprint density at radius 2 is 1.92 bits per heavy atom. The number of ether oxygens (including phenoxy) is 2. The first-order chi connectivity index (χ1) is 17.8. The van der Waals surface area contributed by atoms with Crippen molar-refractivity contribution in [2.45, 2.75) is 26.3 Å². The zero-order valence-electron chi connectivity index (χ0n) is 21.3. The highest BCUT2D eigenvalue weighted by Crippen LogP contribution is 2.35. The predicted octanol–water partition coefficient (Wildman–Crippen LogP) is 4.15. The number of hydrazone groups is 1. The highest BCUT2D eigenvalue weighted by molar-refractivity contribution is 5.95. The predicted molar refractivity (Wildman–Crippen MR) is 145 cm³/mol. The number of methoxy groups -OCH3 is 2. The molecule has 0 aliphatic carbocycles. The molecule has 0 saturated heterocycles. The summed E-state index contributed by atoms with van der Waals surface area (Å²) in [5.74, 6) is 1.18. The lowest BCUT2D eigenvalue weighted by molar-refractivity contribution is -0.127. The normalized spacial score (nSPS) is 14.4. The van der Waals surface area contributed by atoms with Gasteiger partial charge < -0.3 is 20.9 Å². The molecule has 3 aromatic rings. The van der Waals surface area contributed by atoms with Crippen LogP contribution in [0.25, 0.3) is 6.08 Å². The minimum Gasteiger partial charge on any atom is -0.493 e. The van der Waals surface area contributed by atoms with E-state index >= 15 is 0 Å². The van der Waals surface area contributed by atoms with Crippen LogP contribution in [0.5, 0.6) is 11.5 Å². The number of rotatable bonds is 7. The van der Waals surface area contributed by atoms with Crippen molar-refractivity contribution in [3.63, 3.8) is 0 Å². The molecule has 0 unspecified atom stereocenters. The number of nitrogens with zero attached hydrogens (tertiary/aromatic N) is 4. The molecular weight excluding hydrogens is 468 g/mol. The Bertz CT molecular complexity index is 1410. The number of nitrogen functional groups attached to an aromatic ring is 2. The summed E-state index contributed by atoms with van der Waals surface area (Å²) in [5.41, 5.74) is 17.0. The number of aromatic nitrogens is 2. The van der Waals surface area contributed by atoms with Gasteiger partial charge in [0, 0.05) is 35.4 Å². The summed E-state index contributed by atoms with van der Waals surface area (Å²) >= 11 is 0. The Hall–Kier alpha value is -4.66. The van der Waals surface area contributed by atoms with Crippen LogP contribution in [-0.4, -0.2) is 41.3 Å². The maximum absolute atomic E-state index is 13.4. The van der Waals surface area contributed by atoms with Gasteiger partial charge in [-0.2, -0.15) is 10.1 Å². The molecule has 0 spiro atoms. The van der Waals surface area contributed by atoms with Crippen LogP contribution in [0, 0.1) is 0 Å². The van der Waals surface area contributed by atoms with E-state index in [0.29, 0.717) is 29.3 Å². The quantitative estimate of drug-likeness (QED) is 0.370. The third-order valence-electron chi connectivity index (χ3n) is 5.90. The van der Waals surface area contributed by atoms with Gasteiger partial charge in [0.2, 0.25) is 5.95 Å². The third kappa shape index (κ3) is 5.61. The number of amides is 1. The van der Waals surface area contributed by atoms with Crippen LogP contribution in [0.15, 0.2) is 65.4 Å². The Morgan fingerprint density at radius 1 is 1.14 bits per heavy atom. The van der Waals surface area contributed by atoms with Gasteiger partial charge in [0.15, 0.2) is 11.5 Å². The van der Waals surface area contributed by atoms with E-state index in [9.17, 15) is 4.79 Å². The SMILES string of the molecule is COc1cc(Cc2cnc(N)nc2N)cc(/C=C/C(=O)N2N=Cc3ccccc3[C@H]2C=C(C)C)c1OC. The second-order valence-corrected chi connectivity index (χ2v) is 8.81. The Balaban J connectivity index is 1.67. The summed E-state index contributed by atoms with van der Waals surface area (Å²) < 4.78 is 11.2. The molecule has 2 heterocycles. The second-order valence-electron chi connectivity index (χ2n) is 8.81. The number of carbonyl (C=O) groups is 1. The van der Waals surface area contributed by atoms with Crippen molar-refractivity contribution < 1.29 is 14.3 Å². The summed E-state index contributed by atoms with van der Waals surface area (Å²) in [6.07, 6.45) is 8.97. The highest BCUT2D eigenvalue weighted by atomic mass is 16.5. The monoisotopic (exact) mass is 498 g/mol. The molecule has 1 aliphatic heterocycles. The van der Waals surface area contributed by atoms with E-state index < -0.39 is 0 Å². The number of nitrogens with two attached hydrogens (primary N) is 2. The Labute approximate surface area is 216 Å². The van der Waals surface area contributed by atoms with Crippen molar-refractivity contribution in [2.24, 2.45) is 5.10 Å². The van der Waals surface area contributed by atoms with Gasteiger partial charge in [0.05, 0.1) is 26.5 Å². The average Bonchev–Trinajstić information content (AvgIpc) is 2.88. The van der Waals surface area contributed by atoms with E-state index in [1.165, 1.54) is 11.1 Å². The zero-order chi connectivity index (χ0) is 26.5. The van der Waals surface area contributed by atoms with Crippen molar-refractivity contribution in [1.82, 2.24) is 15.0 Å². The van der Waals surface area contributed by atoms with Gasteiger partial charge >= 0.3 is 0 Å². The molecule has 1 aromatic heterocycles. The molecule has 9 heteroatoms. The zero-order valence-corrected chi connectivity index (χ0v) is 21.3. The van der Waals surface area contributed by atoms with Gasteiger partial charge in [-0.3, -0.25) is 4.79 Å². The molecule has 0 radical (unpaired) electrons. The molecule has 4 N–H and O–H groups in total. The van der Waals surface area contributed by atoms with Gasteiger partial charge in [-0.15, -0.1) is 0 Å². The van der Waals surface area contributed by atoms with Gasteiger partial charge in [-0.1, -0.05) is 35.9 Å². The molecule has 4 rings (SSSR count). The summed E-state index contributed by atoms with van der Waals surface area (Å²) in [5, 5.41) is 5.93. The van der Waals surface area contributed by atoms with Crippen molar-refractivity contribution >= 4 is 30.0 Å². The van der Waals surface area contributed by atoms with E-state index in [2.05, 4.69) is 15.1 Å². The molecule has 9 nitrogen and oxygen atoms in total. The van der Waals surface area contributed by atoms with Crippen molar-refractivity contribution in [3.8, 4) is 11.5 Å².